The van der Waals surface area contributed by atoms with Gasteiger partial charge < -0.3 is 10.3 Å². The van der Waals surface area contributed by atoms with Crippen LogP contribution in [-0.4, -0.2) is 16.5 Å². The van der Waals surface area contributed by atoms with Crippen molar-refractivity contribution in [2.24, 2.45) is 0 Å². The van der Waals surface area contributed by atoms with Crippen molar-refractivity contribution in [2.75, 3.05) is 11.9 Å². The molecule has 0 saturated heterocycles. The summed E-state index contributed by atoms with van der Waals surface area (Å²) in [5, 5.41) is 3.42. The smallest absolute Gasteiger partial charge is 0.109 e. The van der Waals surface area contributed by atoms with Crippen molar-refractivity contribution in [3.05, 3.63) is 59.4 Å². The molecule has 0 spiro atoms. The van der Waals surface area contributed by atoms with Crippen LogP contribution in [0, 0.1) is 13.8 Å². The van der Waals surface area contributed by atoms with E-state index in [1.807, 2.05) is 0 Å². The lowest BCUT2D eigenvalue weighted by atomic mass is 10.2. The average molecular weight is 265 g/mol. The molecule has 3 heteroatoms. The molecule has 20 heavy (non-hydrogen) atoms. The third kappa shape index (κ3) is 2.67. The first-order valence-electron chi connectivity index (χ1n) is 6.97. The Labute approximate surface area is 119 Å². The van der Waals surface area contributed by atoms with E-state index < -0.39 is 0 Å². The van der Waals surface area contributed by atoms with Crippen molar-refractivity contribution in [2.45, 2.75) is 20.3 Å². The zero-order valence-corrected chi connectivity index (χ0v) is 11.9. The summed E-state index contributed by atoms with van der Waals surface area (Å²) < 4.78 is 0. The van der Waals surface area contributed by atoms with E-state index in [1.165, 1.54) is 11.1 Å². The van der Waals surface area contributed by atoms with Gasteiger partial charge in [-0.2, -0.15) is 0 Å². The van der Waals surface area contributed by atoms with Gasteiger partial charge in [0, 0.05) is 18.7 Å². The number of nitrogens with zero attached hydrogens (tertiary/aromatic N) is 1. The standard InChI is InChI=1S/C17H19N3/c1-12-6-8-14(9-7-12)18-11-10-16-19-15-5-3-4-13(2)17(15)20-16/h3-9,18H,10-11H2,1-2H3,(H,19,20). The first-order valence-corrected chi connectivity index (χ1v) is 6.97. The highest BCUT2D eigenvalue weighted by atomic mass is 14.9. The third-order valence-corrected chi connectivity index (χ3v) is 3.51. The zero-order valence-electron chi connectivity index (χ0n) is 11.9. The fraction of sp³-hybridized carbons (Fsp3) is 0.235. The molecule has 2 aromatic carbocycles. The van der Waals surface area contributed by atoms with E-state index in [-0.39, 0.29) is 0 Å². The molecule has 3 rings (SSSR count). The number of hydrogen-bond acceptors (Lipinski definition) is 2. The predicted octanol–water partition coefficient (Wildman–Crippen LogP) is 3.83. The number of fused-ring (bicyclic) bond motifs is 1. The molecule has 0 unspecified atom stereocenters. The van der Waals surface area contributed by atoms with Gasteiger partial charge in [-0.15, -0.1) is 0 Å². The maximum Gasteiger partial charge on any atom is 0.109 e. The van der Waals surface area contributed by atoms with E-state index in [0.717, 1.165) is 35.5 Å². The number of para-hydroxylation sites is 1. The summed E-state index contributed by atoms with van der Waals surface area (Å²) >= 11 is 0. The number of benzene rings is 2. The molecule has 2 N–H and O–H groups in total. The van der Waals surface area contributed by atoms with E-state index in [2.05, 4.69) is 71.6 Å². The Kier molecular flexibility index (Phi) is 3.42. The van der Waals surface area contributed by atoms with Crippen molar-refractivity contribution in [3.8, 4) is 0 Å². The Morgan fingerprint density at radius 1 is 1.05 bits per heavy atom. The van der Waals surface area contributed by atoms with Gasteiger partial charge in [0.25, 0.3) is 0 Å². The van der Waals surface area contributed by atoms with Crippen LogP contribution in [0.4, 0.5) is 5.69 Å². The minimum Gasteiger partial charge on any atom is -0.385 e. The number of imidazole rings is 1. The summed E-state index contributed by atoms with van der Waals surface area (Å²) in [7, 11) is 0. The average Bonchev–Trinajstić information content (AvgIpc) is 2.85. The first-order chi connectivity index (χ1) is 9.72. The molecule has 0 aliphatic heterocycles. The Hall–Kier alpha value is -2.29. The summed E-state index contributed by atoms with van der Waals surface area (Å²) in [4.78, 5) is 8.04. The quantitative estimate of drug-likeness (QED) is 0.752. The van der Waals surface area contributed by atoms with Crippen molar-refractivity contribution in [1.82, 2.24) is 9.97 Å². The van der Waals surface area contributed by atoms with Gasteiger partial charge in [0.2, 0.25) is 0 Å². The summed E-state index contributed by atoms with van der Waals surface area (Å²) in [6, 6.07) is 14.7. The molecule has 0 amide bonds. The highest BCUT2D eigenvalue weighted by Gasteiger charge is 2.04. The summed E-state index contributed by atoms with van der Waals surface area (Å²) in [5.74, 6) is 1.04. The molecular weight excluding hydrogens is 246 g/mol. The maximum atomic E-state index is 4.66. The molecule has 0 aliphatic rings. The van der Waals surface area contributed by atoms with Crippen LogP contribution in [0.3, 0.4) is 0 Å². The number of aryl methyl sites for hydroxylation is 2. The number of nitrogens with one attached hydrogen (secondary N) is 2. The Bertz CT molecular complexity index is 711. The third-order valence-electron chi connectivity index (χ3n) is 3.51. The molecule has 3 aromatic rings. The SMILES string of the molecule is Cc1ccc(NCCc2nc3c(C)cccc3[nH]2)cc1. The van der Waals surface area contributed by atoms with Gasteiger partial charge in [-0.05, 0) is 37.6 Å². The minimum absolute atomic E-state index is 0.877. The molecule has 0 atom stereocenters. The van der Waals surface area contributed by atoms with Crippen molar-refractivity contribution >= 4 is 16.7 Å². The fourth-order valence-electron chi connectivity index (χ4n) is 2.34. The number of aromatic amines is 1. The Morgan fingerprint density at radius 2 is 1.85 bits per heavy atom. The van der Waals surface area contributed by atoms with Gasteiger partial charge in [-0.3, -0.25) is 0 Å². The van der Waals surface area contributed by atoms with Gasteiger partial charge >= 0.3 is 0 Å². The highest BCUT2D eigenvalue weighted by Crippen LogP contribution is 2.16. The number of hydrogen-bond donors (Lipinski definition) is 2. The van der Waals surface area contributed by atoms with Gasteiger partial charge in [-0.1, -0.05) is 29.8 Å². The molecule has 0 fully saturated rings. The van der Waals surface area contributed by atoms with Crippen LogP contribution >= 0.6 is 0 Å². The number of rotatable bonds is 4. The van der Waals surface area contributed by atoms with Gasteiger partial charge in [-0.25, -0.2) is 4.98 Å². The normalized spacial score (nSPS) is 10.9. The van der Waals surface area contributed by atoms with E-state index in [4.69, 9.17) is 0 Å². The number of aromatic nitrogens is 2. The first kappa shape index (κ1) is 12.7. The van der Waals surface area contributed by atoms with Crippen LogP contribution in [0.15, 0.2) is 42.5 Å². The van der Waals surface area contributed by atoms with Crippen molar-refractivity contribution in [1.29, 1.82) is 0 Å². The second-order valence-corrected chi connectivity index (χ2v) is 5.20. The second kappa shape index (κ2) is 5.37. The maximum absolute atomic E-state index is 4.66. The minimum atomic E-state index is 0.877. The van der Waals surface area contributed by atoms with Crippen molar-refractivity contribution in [3.63, 3.8) is 0 Å². The van der Waals surface area contributed by atoms with Gasteiger partial charge in [0.15, 0.2) is 0 Å². The van der Waals surface area contributed by atoms with Crippen LogP contribution in [-0.2, 0) is 6.42 Å². The molecule has 0 saturated carbocycles. The Morgan fingerprint density at radius 3 is 2.60 bits per heavy atom. The van der Waals surface area contributed by atoms with E-state index >= 15 is 0 Å². The van der Waals surface area contributed by atoms with Crippen LogP contribution in [0.1, 0.15) is 17.0 Å². The molecule has 0 radical (unpaired) electrons. The lowest BCUT2D eigenvalue weighted by Gasteiger charge is -2.05. The predicted molar refractivity (Wildman–Crippen MR) is 84.2 cm³/mol. The zero-order chi connectivity index (χ0) is 13.9. The molecule has 102 valence electrons. The molecule has 1 heterocycles. The summed E-state index contributed by atoms with van der Waals surface area (Å²) in [6.45, 7) is 5.07. The van der Waals surface area contributed by atoms with Gasteiger partial charge in [0.1, 0.15) is 5.82 Å². The fourth-order valence-corrected chi connectivity index (χ4v) is 2.34. The van der Waals surface area contributed by atoms with Crippen LogP contribution in [0.25, 0.3) is 11.0 Å². The molecule has 3 nitrogen and oxygen atoms in total. The van der Waals surface area contributed by atoms with E-state index in [9.17, 15) is 0 Å². The van der Waals surface area contributed by atoms with Crippen LogP contribution in [0.5, 0.6) is 0 Å². The molecule has 1 aromatic heterocycles. The number of H-pyrrole nitrogens is 1. The van der Waals surface area contributed by atoms with Crippen LogP contribution < -0.4 is 5.32 Å². The highest BCUT2D eigenvalue weighted by molar-refractivity contribution is 5.78. The lowest BCUT2D eigenvalue weighted by molar-refractivity contribution is 0.934. The number of anilines is 1. The van der Waals surface area contributed by atoms with Crippen molar-refractivity contribution < 1.29 is 0 Å². The molecule has 0 aliphatic carbocycles. The molecule has 0 bridgehead atoms. The summed E-state index contributed by atoms with van der Waals surface area (Å²) in [6.07, 6.45) is 0.891. The monoisotopic (exact) mass is 265 g/mol. The lowest BCUT2D eigenvalue weighted by Crippen LogP contribution is -2.05. The largest absolute Gasteiger partial charge is 0.385 e. The van der Waals surface area contributed by atoms with E-state index in [0.29, 0.717) is 0 Å². The Balaban J connectivity index is 1.65. The summed E-state index contributed by atoms with van der Waals surface area (Å²) in [5.41, 5.74) is 5.86. The second-order valence-electron chi connectivity index (χ2n) is 5.20. The topological polar surface area (TPSA) is 40.7 Å². The molecular formula is C17H19N3. The van der Waals surface area contributed by atoms with E-state index in [1.54, 1.807) is 0 Å². The van der Waals surface area contributed by atoms with Gasteiger partial charge in [0.05, 0.1) is 11.0 Å². The van der Waals surface area contributed by atoms with Crippen LogP contribution in [0.2, 0.25) is 0 Å².